The highest BCUT2D eigenvalue weighted by Crippen LogP contribution is 2.16. The van der Waals surface area contributed by atoms with E-state index in [1.165, 1.54) is 5.56 Å². The molecule has 1 unspecified atom stereocenters. The highest BCUT2D eigenvalue weighted by Gasteiger charge is 2.06. The van der Waals surface area contributed by atoms with E-state index in [2.05, 4.69) is 13.8 Å². The van der Waals surface area contributed by atoms with Crippen LogP contribution in [0.2, 0.25) is 0 Å². The van der Waals surface area contributed by atoms with Crippen LogP contribution in [0.3, 0.4) is 0 Å². The number of aliphatic carboxylic acids is 1. The Morgan fingerprint density at radius 1 is 1.29 bits per heavy atom. The fraction of sp³-hybridized carbons (Fsp3) is 0.462. The summed E-state index contributed by atoms with van der Waals surface area (Å²) in [6, 6.07) is 7.70. The van der Waals surface area contributed by atoms with Crippen LogP contribution in [0.4, 0.5) is 0 Å². The first-order chi connectivity index (χ1) is 8.00. The van der Waals surface area contributed by atoms with E-state index in [1.807, 2.05) is 24.3 Å². The van der Waals surface area contributed by atoms with Gasteiger partial charge in [-0.05, 0) is 30.0 Å². The molecule has 94 valence electrons. The standard InChI is InChI=1S/C13H18O3S/c1-10(2)11-5-7-12(8-6-11)17(16)9-3-4-13(14)15/h5-8,10H,3-4,9H2,1-2H3,(H,14,15). The molecule has 0 spiro atoms. The van der Waals surface area contributed by atoms with E-state index in [0.717, 1.165) is 4.90 Å². The molecular weight excluding hydrogens is 236 g/mol. The fourth-order valence-corrected chi connectivity index (χ4v) is 2.56. The maximum absolute atomic E-state index is 11.8. The summed E-state index contributed by atoms with van der Waals surface area (Å²) in [6.45, 7) is 4.22. The number of carboxylic acids is 1. The molecule has 1 N–H and O–H groups in total. The Labute approximate surface area is 104 Å². The minimum atomic E-state index is -1.08. The molecule has 0 aliphatic rings. The predicted molar refractivity (Wildman–Crippen MR) is 68.7 cm³/mol. The average molecular weight is 254 g/mol. The molecule has 0 heterocycles. The second kappa shape index (κ2) is 6.55. The van der Waals surface area contributed by atoms with Crippen LogP contribution in [-0.2, 0) is 15.6 Å². The normalized spacial score (nSPS) is 12.6. The molecule has 0 amide bonds. The monoisotopic (exact) mass is 254 g/mol. The highest BCUT2D eigenvalue weighted by molar-refractivity contribution is 7.85. The van der Waals surface area contributed by atoms with Gasteiger partial charge in [-0.3, -0.25) is 9.00 Å². The summed E-state index contributed by atoms with van der Waals surface area (Å²) in [5.41, 5.74) is 1.22. The highest BCUT2D eigenvalue weighted by atomic mass is 32.2. The smallest absolute Gasteiger partial charge is 0.303 e. The van der Waals surface area contributed by atoms with Gasteiger partial charge in [0.2, 0.25) is 0 Å². The molecule has 17 heavy (non-hydrogen) atoms. The zero-order valence-corrected chi connectivity index (χ0v) is 11.0. The molecule has 1 aromatic rings. The quantitative estimate of drug-likeness (QED) is 0.849. The van der Waals surface area contributed by atoms with Crippen molar-refractivity contribution in [2.75, 3.05) is 5.75 Å². The van der Waals surface area contributed by atoms with E-state index in [4.69, 9.17) is 5.11 Å². The van der Waals surface area contributed by atoms with Gasteiger partial charge in [-0.25, -0.2) is 0 Å². The lowest BCUT2D eigenvalue weighted by atomic mass is 10.0. The van der Waals surface area contributed by atoms with E-state index in [1.54, 1.807) is 0 Å². The van der Waals surface area contributed by atoms with E-state index in [0.29, 0.717) is 18.1 Å². The maximum atomic E-state index is 11.8. The first kappa shape index (κ1) is 13.9. The Bertz CT molecular complexity index is 396. The van der Waals surface area contributed by atoms with Gasteiger partial charge in [0.05, 0.1) is 10.8 Å². The predicted octanol–water partition coefficient (Wildman–Crippen LogP) is 2.78. The lowest BCUT2D eigenvalue weighted by molar-refractivity contribution is -0.137. The Balaban J connectivity index is 2.54. The number of rotatable bonds is 6. The summed E-state index contributed by atoms with van der Waals surface area (Å²) < 4.78 is 11.8. The van der Waals surface area contributed by atoms with Crippen molar-refractivity contribution in [1.29, 1.82) is 0 Å². The van der Waals surface area contributed by atoms with Crippen molar-refractivity contribution < 1.29 is 14.1 Å². The third-order valence-electron chi connectivity index (χ3n) is 2.53. The van der Waals surface area contributed by atoms with Crippen LogP contribution in [0, 0.1) is 0 Å². The van der Waals surface area contributed by atoms with E-state index in [-0.39, 0.29) is 6.42 Å². The zero-order valence-electron chi connectivity index (χ0n) is 10.2. The van der Waals surface area contributed by atoms with Gasteiger partial charge < -0.3 is 5.11 Å². The van der Waals surface area contributed by atoms with Crippen LogP contribution >= 0.6 is 0 Å². The molecular formula is C13H18O3S. The second-order valence-electron chi connectivity index (χ2n) is 4.27. The van der Waals surface area contributed by atoms with Crippen molar-refractivity contribution in [3.63, 3.8) is 0 Å². The van der Waals surface area contributed by atoms with Crippen molar-refractivity contribution in [3.8, 4) is 0 Å². The van der Waals surface area contributed by atoms with E-state index >= 15 is 0 Å². The Hall–Kier alpha value is -1.16. The maximum Gasteiger partial charge on any atom is 0.303 e. The topological polar surface area (TPSA) is 54.4 Å². The summed E-state index contributed by atoms with van der Waals surface area (Å²) in [5.74, 6) is 0.0366. The van der Waals surface area contributed by atoms with Crippen LogP contribution in [-0.4, -0.2) is 21.0 Å². The lowest BCUT2D eigenvalue weighted by Gasteiger charge is -2.06. The molecule has 0 saturated heterocycles. The molecule has 1 atom stereocenters. The Morgan fingerprint density at radius 3 is 2.35 bits per heavy atom. The van der Waals surface area contributed by atoms with Gasteiger partial charge in [-0.2, -0.15) is 0 Å². The van der Waals surface area contributed by atoms with E-state index in [9.17, 15) is 9.00 Å². The average Bonchev–Trinajstić information content (AvgIpc) is 2.28. The molecule has 0 aliphatic carbocycles. The number of benzene rings is 1. The molecule has 1 aromatic carbocycles. The molecule has 3 nitrogen and oxygen atoms in total. The van der Waals surface area contributed by atoms with Crippen LogP contribution in [0.5, 0.6) is 0 Å². The molecule has 0 aliphatic heterocycles. The van der Waals surface area contributed by atoms with Crippen LogP contribution in [0.15, 0.2) is 29.2 Å². The van der Waals surface area contributed by atoms with Gasteiger partial charge in [-0.15, -0.1) is 0 Å². The van der Waals surface area contributed by atoms with Gasteiger partial charge in [0.1, 0.15) is 0 Å². The first-order valence-electron chi connectivity index (χ1n) is 5.71. The Morgan fingerprint density at radius 2 is 1.88 bits per heavy atom. The number of hydrogen-bond acceptors (Lipinski definition) is 2. The minimum Gasteiger partial charge on any atom is -0.481 e. The SMILES string of the molecule is CC(C)c1ccc(S(=O)CCCC(=O)O)cc1. The van der Waals surface area contributed by atoms with Gasteiger partial charge in [0.15, 0.2) is 0 Å². The van der Waals surface area contributed by atoms with E-state index < -0.39 is 16.8 Å². The van der Waals surface area contributed by atoms with Crippen molar-refractivity contribution >= 4 is 16.8 Å². The van der Waals surface area contributed by atoms with Gasteiger partial charge in [-0.1, -0.05) is 26.0 Å². The third kappa shape index (κ3) is 4.69. The summed E-state index contributed by atoms with van der Waals surface area (Å²) >= 11 is 0. The van der Waals surface area contributed by atoms with Crippen molar-refractivity contribution in [3.05, 3.63) is 29.8 Å². The minimum absolute atomic E-state index is 0.0792. The zero-order chi connectivity index (χ0) is 12.8. The third-order valence-corrected chi connectivity index (χ3v) is 3.99. The van der Waals surface area contributed by atoms with Gasteiger partial charge in [0.25, 0.3) is 0 Å². The molecule has 1 rings (SSSR count). The molecule has 0 bridgehead atoms. The summed E-state index contributed by atoms with van der Waals surface area (Å²) in [5, 5.41) is 8.50. The molecule has 0 radical (unpaired) electrons. The molecule has 0 aromatic heterocycles. The van der Waals surface area contributed by atoms with Crippen LogP contribution in [0.25, 0.3) is 0 Å². The number of carbonyl (C=O) groups is 1. The molecule has 0 saturated carbocycles. The van der Waals surface area contributed by atoms with Crippen molar-refractivity contribution in [2.24, 2.45) is 0 Å². The van der Waals surface area contributed by atoms with Crippen molar-refractivity contribution in [1.82, 2.24) is 0 Å². The van der Waals surface area contributed by atoms with Gasteiger partial charge in [0, 0.05) is 17.1 Å². The lowest BCUT2D eigenvalue weighted by Crippen LogP contribution is -2.02. The van der Waals surface area contributed by atoms with Crippen LogP contribution in [0.1, 0.15) is 38.2 Å². The van der Waals surface area contributed by atoms with Crippen molar-refractivity contribution in [2.45, 2.75) is 37.5 Å². The fourth-order valence-electron chi connectivity index (χ4n) is 1.48. The first-order valence-corrected chi connectivity index (χ1v) is 7.02. The van der Waals surface area contributed by atoms with Gasteiger partial charge >= 0.3 is 5.97 Å². The Kier molecular flexibility index (Phi) is 5.35. The number of carboxylic acid groups (broad SMARTS) is 1. The molecule has 4 heteroatoms. The largest absolute Gasteiger partial charge is 0.481 e. The van der Waals surface area contributed by atoms with Crippen LogP contribution < -0.4 is 0 Å². The summed E-state index contributed by atoms with van der Waals surface area (Å²) in [6.07, 6.45) is 0.531. The molecule has 0 fully saturated rings. The summed E-state index contributed by atoms with van der Waals surface area (Å²) in [4.78, 5) is 11.1. The second-order valence-corrected chi connectivity index (χ2v) is 5.84. The summed E-state index contributed by atoms with van der Waals surface area (Å²) in [7, 11) is -1.08. The number of hydrogen-bond donors (Lipinski definition) is 1.